The molecule has 9 heteroatoms. The van der Waals surface area contributed by atoms with Crippen LogP contribution < -0.4 is 0 Å². The highest BCUT2D eigenvalue weighted by atomic mass is 35.5. The van der Waals surface area contributed by atoms with Crippen LogP contribution in [0, 0.1) is 17.3 Å². The molecule has 0 aromatic heterocycles. The second-order valence-corrected chi connectivity index (χ2v) is 7.86. The van der Waals surface area contributed by atoms with Crippen LogP contribution in [0.2, 0.25) is 0 Å². The number of allylic oxidation sites excluding steroid dienone is 4. The number of carbonyl (C=O) groups is 1. The molecule has 0 bridgehead atoms. The van der Waals surface area contributed by atoms with Gasteiger partial charge < -0.3 is 4.74 Å². The summed E-state index contributed by atoms with van der Waals surface area (Å²) >= 11 is 22.2. The Labute approximate surface area is 157 Å². The van der Waals surface area contributed by atoms with E-state index in [4.69, 9.17) is 51.1 Å². The molecule has 2 aliphatic rings. The number of esters is 1. The van der Waals surface area contributed by atoms with Crippen LogP contribution in [0.1, 0.15) is 13.8 Å². The maximum absolute atomic E-state index is 14.0. The molecule has 4 atom stereocenters. The molecule has 0 amide bonds. The molecule has 1 fully saturated rings. The lowest BCUT2D eigenvalue weighted by Gasteiger charge is -2.26. The van der Waals surface area contributed by atoms with Gasteiger partial charge in [0.05, 0.1) is 11.0 Å². The van der Waals surface area contributed by atoms with Crippen LogP contribution >= 0.6 is 46.4 Å². The molecule has 4 unspecified atom stereocenters. The van der Waals surface area contributed by atoms with Crippen molar-refractivity contribution in [1.82, 2.24) is 0 Å². The number of carbonyl (C=O) groups excluding carboxylic acids is 1. The largest absolute Gasteiger partial charge is 0.461 e. The summed E-state index contributed by atoms with van der Waals surface area (Å²) < 4.78 is 46.2. The van der Waals surface area contributed by atoms with Gasteiger partial charge in [-0.25, -0.2) is 13.2 Å². The second kappa shape index (κ2) is 6.75. The SMILES string of the molecule is CC1(C)C(C(=O)OCC2=CC(Cl)=C(F)C(F)(Cl)C2F)C1/C(Cl)=C/Cl. The molecule has 0 saturated heterocycles. The molecule has 0 radical (unpaired) electrons. The van der Waals surface area contributed by atoms with Gasteiger partial charge in [0.25, 0.3) is 5.13 Å². The average molecular weight is 424 g/mol. The number of alkyl halides is 3. The lowest BCUT2D eigenvalue weighted by atomic mass is 10.0. The maximum Gasteiger partial charge on any atom is 0.310 e. The van der Waals surface area contributed by atoms with Crippen molar-refractivity contribution in [3.8, 4) is 0 Å². The van der Waals surface area contributed by atoms with E-state index in [0.29, 0.717) is 5.03 Å². The van der Waals surface area contributed by atoms with E-state index in [1.54, 1.807) is 13.8 Å². The van der Waals surface area contributed by atoms with Crippen LogP contribution in [0.5, 0.6) is 0 Å². The predicted octanol–water partition coefficient (Wildman–Crippen LogP) is 5.72. The molecular weight excluding hydrogens is 411 g/mol. The van der Waals surface area contributed by atoms with Crippen LogP contribution in [-0.2, 0) is 9.53 Å². The number of rotatable bonds is 4. The number of hydrogen-bond donors (Lipinski definition) is 0. The molecule has 2 aliphatic carbocycles. The van der Waals surface area contributed by atoms with Crippen molar-refractivity contribution in [1.29, 1.82) is 0 Å². The maximum atomic E-state index is 14.0. The first-order valence-electron chi connectivity index (χ1n) is 6.86. The van der Waals surface area contributed by atoms with Crippen LogP contribution in [0.4, 0.5) is 13.2 Å². The molecule has 0 aromatic rings. The zero-order valence-electron chi connectivity index (χ0n) is 12.6. The van der Waals surface area contributed by atoms with E-state index >= 15 is 0 Å². The Bertz CT molecular complexity index is 655. The van der Waals surface area contributed by atoms with E-state index in [0.717, 1.165) is 6.08 Å². The smallest absolute Gasteiger partial charge is 0.310 e. The molecule has 0 aliphatic heterocycles. The Balaban J connectivity index is 2.07. The summed E-state index contributed by atoms with van der Waals surface area (Å²) in [6, 6.07) is 0. The zero-order valence-corrected chi connectivity index (χ0v) is 15.6. The zero-order chi connectivity index (χ0) is 18.4. The van der Waals surface area contributed by atoms with E-state index in [1.165, 1.54) is 5.54 Å². The summed E-state index contributed by atoms with van der Waals surface area (Å²) in [6.45, 7) is 2.98. The topological polar surface area (TPSA) is 26.3 Å². The highest BCUT2D eigenvalue weighted by Crippen LogP contribution is 2.63. The van der Waals surface area contributed by atoms with Crippen LogP contribution in [-0.4, -0.2) is 23.9 Å². The van der Waals surface area contributed by atoms with Gasteiger partial charge >= 0.3 is 5.97 Å². The normalized spacial score (nSPS) is 35.6. The molecule has 1 saturated carbocycles. The van der Waals surface area contributed by atoms with Crippen LogP contribution in [0.3, 0.4) is 0 Å². The molecular formula is C15H13Cl4F3O2. The summed E-state index contributed by atoms with van der Waals surface area (Å²) in [4.78, 5) is 12.2. The quantitative estimate of drug-likeness (QED) is 0.426. The van der Waals surface area contributed by atoms with Gasteiger partial charge in [-0.05, 0) is 11.5 Å². The molecule has 0 spiro atoms. The second-order valence-electron chi connectivity index (χ2n) is 6.25. The average Bonchev–Trinajstić information content (AvgIpc) is 3.09. The van der Waals surface area contributed by atoms with Crippen molar-refractivity contribution < 1.29 is 22.7 Å². The third-order valence-electron chi connectivity index (χ3n) is 4.32. The summed E-state index contributed by atoms with van der Waals surface area (Å²) in [5.74, 6) is -3.16. The number of ether oxygens (including phenoxy) is 1. The monoisotopic (exact) mass is 422 g/mol. The lowest BCUT2D eigenvalue weighted by molar-refractivity contribution is -0.145. The molecule has 0 N–H and O–H groups in total. The standard InChI is InChI=1S/C15H13Cl4F3O2/c1-14(2)9(8(18)4-16)10(14)13(23)24-5-6-3-7(17)12(21)15(19,22)11(6)20/h3-4,9-11H,5H2,1-2H3/b8-4-. The fourth-order valence-electron chi connectivity index (χ4n) is 2.82. The van der Waals surface area contributed by atoms with E-state index in [2.05, 4.69) is 0 Å². The van der Waals surface area contributed by atoms with E-state index in [9.17, 15) is 18.0 Å². The minimum atomic E-state index is -3.42. The first kappa shape index (κ1) is 20.0. The van der Waals surface area contributed by atoms with E-state index in [-0.39, 0.29) is 11.5 Å². The number of hydrogen-bond acceptors (Lipinski definition) is 2. The van der Waals surface area contributed by atoms with Gasteiger partial charge in [-0.1, -0.05) is 60.3 Å². The van der Waals surface area contributed by atoms with Crippen molar-refractivity contribution in [2.24, 2.45) is 17.3 Å². The van der Waals surface area contributed by atoms with Crippen molar-refractivity contribution in [2.45, 2.75) is 25.1 Å². The van der Waals surface area contributed by atoms with Crippen LogP contribution in [0.25, 0.3) is 0 Å². The van der Waals surface area contributed by atoms with Crippen molar-refractivity contribution in [3.05, 3.63) is 33.1 Å². The van der Waals surface area contributed by atoms with E-state index < -0.39 is 46.1 Å². The van der Waals surface area contributed by atoms with Gasteiger partial charge in [0, 0.05) is 22.1 Å². The Morgan fingerprint density at radius 3 is 2.54 bits per heavy atom. The van der Waals surface area contributed by atoms with Gasteiger partial charge in [0.2, 0.25) is 0 Å². The number of halogens is 7. The third kappa shape index (κ3) is 3.33. The van der Waals surface area contributed by atoms with Gasteiger partial charge in [-0.15, -0.1) is 0 Å². The van der Waals surface area contributed by atoms with Gasteiger partial charge in [-0.3, -0.25) is 4.79 Å². The summed E-state index contributed by atoms with van der Waals surface area (Å²) in [7, 11) is 0. The minimum absolute atomic E-state index is 0.306. The Morgan fingerprint density at radius 2 is 2.00 bits per heavy atom. The van der Waals surface area contributed by atoms with Gasteiger partial charge in [0.1, 0.15) is 6.61 Å². The third-order valence-corrected chi connectivity index (χ3v) is 5.65. The molecule has 2 rings (SSSR count). The first-order valence-corrected chi connectivity index (χ1v) is 8.43. The fraction of sp³-hybridized carbons (Fsp3) is 0.533. The van der Waals surface area contributed by atoms with Gasteiger partial charge in [0.15, 0.2) is 12.0 Å². The summed E-state index contributed by atoms with van der Waals surface area (Å²) in [5, 5.41) is -3.79. The molecule has 0 aromatic carbocycles. The van der Waals surface area contributed by atoms with Crippen molar-refractivity contribution in [2.75, 3.05) is 6.61 Å². The van der Waals surface area contributed by atoms with Gasteiger partial charge in [-0.2, -0.15) is 0 Å². The predicted molar refractivity (Wildman–Crippen MR) is 88.2 cm³/mol. The molecule has 24 heavy (non-hydrogen) atoms. The molecule has 0 heterocycles. The fourth-order valence-corrected chi connectivity index (χ4v) is 3.93. The molecule has 134 valence electrons. The summed E-state index contributed by atoms with van der Waals surface area (Å²) in [6.07, 6.45) is -1.67. The Kier molecular flexibility index (Phi) is 5.61. The Morgan fingerprint density at radius 1 is 1.42 bits per heavy atom. The van der Waals surface area contributed by atoms with Crippen LogP contribution in [0.15, 0.2) is 33.1 Å². The van der Waals surface area contributed by atoms with Crippen molar-refractivity contribution >= 4 is 52.4 Å². The van der Waals surface area contributed by atoms with Crippen molar-refractivity contribution in [3.63, 3.8) is 0 Å². The Hall–Kier alpha value is -0.360. The van der Waals surface area contributed by atoms with E-state index in [1.807, 2.05) is 0 Å². The summed E-state index contributed by atoms with van der Waals surface area (Å²) in [5.41, 5.74) is 0.317. The highest BCUT2D eigenvalue weighted by molar-refractivity contribution is 6.37. The lowest BCUT2D eigenvalue weighted by Crippen LogP contribution is -2.36. The minimum Gasteiger partial charge on any atom is -0.461 e. The highest BCUT2D eigenvalue weighted by Gasteiger charge is 2.64. The first-order chi connectivity index (χ1) is 11.0. The molecule has 2 nitrogen and oxygen atoms in total.